The van der Waals surface area contributed by atoms with Gasteiger partial charge in [0.15, 0.2) is 0 Å². The van der Waals surface area contributed by atoms with E-state index in [1.165, 1.54) is 163 Å². The zero-order valence-electron chi connectivity index (χ0n) is 39.8. The van der Waals surface area contributed by atoms with E-state index in [1.54, 1.807) is 0 Å². The van der Waals surface area contributed by atoms with E-state index in [4.69, 9.17) is 0 Å². The number of fused-ring (bicyclic) bond motifs is 6. The second kappa shape index (κ2) is 14.9. The maximum atomic E-state index is 2.75. The molecule has 0 amide bonds. The van der Waals surface area contributed by atoms with Crippen molar-refractivity contribution in [1.29, 1.82) is 0 Å². The second-order valence-electron chi connectivity index (χ2n) is 20.7. The molecular weight excluding hydrogens is 831 g/mol. The lowest BCUT2D eigenvalue weighted by Gasteiger charge is -2.50. The minimum absolute atomic E-state index is 0.0236. The number of rotatable bonds is 5. The number of hydrogen-bond donors (Lipinski definition) is 0. The van der Waals surface area contributed by atoms with Crippen molar-refractivity contribution in [2.45, 2.75) is 64.3 Å². The molecule has 1 saturated carbocycles. The third-order valence-corrected chi connectivity index (χ3v) is 17.2. The van der Waals surface area contributed by atoms with Gasteiger partial charge in [-0.05, 0) is 190 Å². The third kappa shape index (κ3) is 5.59. The molecule has 330 valence electrons. The van der Waals surface area contributed by atoms with Crippen molar-refractivity contribution in [2.24, 2.45) is 0 Å². The van der Waals surface area contributed by atoms with Gasteiger partial charge < -0.3 is 4.90 Å². The van der Waals surface area contributed by atoms with Crippen LogP contribution in [0.15, 0.2) is 200 Å². The van der Waals surface area contributed by atoms with E-state index < -0.39 is 0 Å². The molecule has 12 aromatic carbocycles. The van der Waals surface area contributed by atoms with Crippen LogP contribution in [-0.2, 0) is 5.41 Å². The van der Waals surface area contributed by atoms with Crippen LogP contribution in [0.25, 0.3) is 109 Å². The first kappa shape index (κ1) is 40.3. The first-order valence-corrected chi connectivity index (χ1v) is 25.1. The molecule has 2 unspecified atom stereocenters. The molecule has 0 bridgehead atoms. The number of hydrogen-bond acceptors (Lipinski definition) is 1. The Morgan fingerprint density at radius 2 is 0.768 bits per heavy atom. The molecular formula is C68H53N. The highest BCUT2D eigenvalue weighted by molar-refractivity contribution is 6.33. The van der Waals surface area contributed by atoms with Crippen LogP contribution in [0.2, 0.25) is 0 Å². The van der Waals surface area contributed by atoms with Gasteiger partial charge in [0.1, 0.15) is 0 Å². The quantitative estimate of drug-likeness (QED) is 0.156. The number of para-hydroxylation sites is 1. The Balaban J connectivity index is 1.15. The van der Waals surface area contributed by atoms with E-state index in [0.717, 1.165) is 0 Å². The zero-order chi connectivity index (χ0) is 46.2. The fourth-order valence-corrected chi connectivity index (χ4v) is 13.9. The van der Waals surface area contributed by atoms with Gasteiger partial charge in [-0.25, -0.2) is 0 Å². The Morgan fingerprint density at radius 3 is 1.25 bits per heavy atom. The van der Waals surface area contributed by atoms with Gasteiger partial charge in [0.05, 0.1) is 5.54 Å². The summed E-state index contributed by atoms with van der Waals surface area (Å²) in [6.45, 7) is 10.00. The fraction of sp³-hybridized carbons (Fsp3) is 0.147. The molecule has 12 aromatic rings. The van der Waals surface area contributed by atoms with Crippen LogP contribution in [0.1, 0.15) is 56.2 Å². The molecule has 1 aliphatic carbocycles. The summed E-state index contributed by atoms with van der Waals surface area (Å²) in [5.74, 6) is 0. The molecule has 2 aliphatic rings. The Morgan fingerprint density at radius 1 is 0.362 bits per heavy atom. The van der Waals surface area contributed by atoms with E-state index in [0.29, 0.717) is 0 Å². The van der Waals surface area contributed by atoms with Gasteiger partial charge in [-0.3, -0.25) is 0 Å². The van der Waals surface area contributed by atoms with Crippen LogP contribution in [-0.4, -0.2) is 5.54 Å². The fourth-order valence-electron chi connectivity index (χ4n) is 13.9. The van der Waals surface area contributed by atoms with Crippen molar-refractivity contribution in [1.82, 2.24) is 0 Å². The molecule has 1 heteroatoms. The van der Waals surface area contributed by atoms with Crippen molar-refractivity contribution in [3.8, 4) is 44.5 Å². The highest BCUT2D eigenvalue weighted by Crippen LogP contribution is 2.64. The first-order chi connectivity index (χ1) is 33.8. The maximum absolute atomic E-state index is 2.75. The standard InChI is InChI=1S/C68H53N/c1-42-39-58(43(2)65-66(42)69(47-25-6-5-7-26-47)68(4)38-15-14-37-67(65,68)3)62-41-61(53-32-18-24-46-21-10-13-29-50(46)53)56-34-33-54-59(51-30-16-22-44-19-8-11-27-48(44)51)40-60(55-35-36-57(62)64(56)63(54)55)52-31-17-23-45-20-9-12-28-49(45)52/h5-13,16-36,39-41H,14-15,37-38H2,1-4H3. The molecule has 69 heavy (non-hydrogen) atoms. The summed E-state index contributed by atoms with van der Waals surface area (Å²) in [7, 11) is 0. The minimum atomic E-state index is -0.0458. The van der Waals surface area contributed by atoms with Crippen LogP contribution < -0.4 is 4.90 Å². The summed E-state index contributed by atoms with van der Waals surface area (Å²) < 4.78 is 0. The monoisotopic (exact) mass is 883 g/mol. The van der Waals surface area contributed by atoms with Crippen LogP contribution in [0.4, 0.5) is 11.4 Å². The predicted octanol–water partition coefficient (Wildman–Crippen LogP) is 19.1. The molecule has 1 aliphatic heterocycles. The van der Waals surface area contributed by atoms with Crippen LogP contribution in [0.5, 0.6) is 0 Å². The number of benzene rings is 12. The smallest absolute Gasteiger partial charge is 0.0518 e. The van der Waals surface area contributed by atoms with Crippen LogP contribution >= 0.6 is 0 Å². The highest BCUT2D eigenvalue weighted by atomic mass is 15.3. The van der Waals surface area contributed by atoms with Crippen LogP contribution in [0.3, 0.4) is 0 Å². The molecule has 0 N–H and O–H groups in total. The highest BCUT2D eigenvalue weighted by Gasteiger charge is 2.59. The summed E-state index contributed by atoms with van der Waals surface area (Å²) in [6.07, 6.45) is 4.85. The maximum Gasteiger partial charge on any atom is 0.0518 e. The van der Waals surface area contributed by atoms with Crippen LogP contribution in [0, 0.1) is 13.8 Å². The lowest BCUT2D eigenvalue weighted by Crippen LogP contribution is -2.54. The molecule has 1 nitrogen and oxygen atoms in total. The summed E-state index contributed by atoms with van der Waals surface area (Å²) in [5, 5.41) is 15.4. The number of anilines is 2. The Labute approximate surface area is 404 Å². The van der Waals surface area contributed by atoms with Crippen molar-refractivity contribution in [2.75, 3.05) is 4.90 Å². The van der Waals surface area contributed by atoms with E-state index >= 15 is 0 Å². The average molecular weight is 884 g/mol. The summed E-state index contributed by atoms with van der Waals surface area (Å²) in [5.41, 5.74) is 17.2. The minimum Gasteiger partial charge on any atom is -0.334 e. The first-order valence-electron chi connectivity index (χ1n) is 25.1. The van der Waals surface area contributed by atoms with Gasteiger partial charge in [0, 0.05) is 16.8 Å². The SMILES string of the molecule is Cc1cc(-c2cc(-c3cccc4ccccc34)c3ccc4c(-c5cccc6ccccc56)cc(-c5cccc6ccccc56)c5ccc2c3c54)c(C)c2c1N(c1ccccc1)C1(C)CCCCC21C. The molecule has 0 saturated heterocycles. The van der Waals surface area contributed by atoms with Crippen molar-refractivity contribution < 1.29 is 0 Å². The van der Waals surface area contributed by atoms with Gasteiger partial charge in [-0.1, -0.05) is 190 Å². The van der Waals surface area contributed by atoms with E-state index in [9.17, 15) is 0 Å². The normalized spacial score (nSPS) is 18.0. The van der Waals surface area contributed by atoms with Crippen molar-refractivity contribution in [3.63, 3.8) is 0 Å². The van der Waals surface area contributed by atoms with E-state index in [2.05, 4.69) is 233 Å². The van der Waals surface area contributed by atoms with Gasteiger partial charge in [-0.15, -0.1) is 0 Å². The Kier molecular flexibility index (Phi) is 8.70. The van der Waals surface area contributed by atoms with Gasteiger partial charge in [-0.2, -0.15) is 0 Å². The summed E-state index contributed by atoms with van der Waals surface area (Å²) in [4.78, 5) is 2.75. The Hall–Kier alpha value is -7.74. The van der Waals surface area contributed by atoms with Gasteiger partial charge >= 0.3 is 0 Å². The third-order valence-electron chi connectivity index (χ3n) is 17.2. The number of aryl methyl sites for hydroxylation is 1. The number of nitrogens with zero attached hydrogens (tertiary/aromatic N) is 1. The molecule has 2 atom stereocenters. The molecule has 0 aromatic heterocycles. The van der Waals surface area contributed by atoms with E-state index in [-0.39, 0.29) is 11.0 Å². The van der Waals surface area contributed by atoms with Gasteiger partial charge in [0.2, 0.25) is 0 Å². The predicted molar refractivity (Wildman–Crippen MR) is 297 cm³/mol. The second-order valence-corrected chi connectivity index (χ2v) is 20.7. The van der Waals surface area contributed by atoms with Crippen molar-refractivity contribution >= 4 is 76.0 Å². The molecule has 14 rings (SSSR count). The summed E-state index contributed by atoms with van der Waals surface area (Å²) in [6, 6.07) is 75.9. The topological polar surface area (TPSA) is 3.24 Å². The lowest BCUT2D eigenvalue weighted by atomic mass is 9.60. The van der Waals surface area contributed by atoms with E-state index in [1.807, 2.05) is 0 Å². The van der Waals surface area contributed by atoms with Gasteiger partial charge in [0.25, 0.3) is 0 Å². The van der Waals surface area contributed by atoms with Crippen molar-refractivity contribution in [3.05, 3.63) is 217 Å². The lowest BCUT2D eigenvalue weighted by molar-refractivity contribution is 0.194. The molecule has 1 heterocycles. The molecule has 0 spiro atoms. The average Bonchev–Trinajstić information content (AvgIpc) is 3.62. The molecule has 0 radical (unpaired) electrons. The Bertz CT molecular complexity index is 3970. The largest absolute Gasteiger partial charge is 0.334 e. The summed E-state index contributed by atoms with van der Waals surface area (Å²) >= 11 is 0. The molecule has 1 fully saturated rings. The zero-order valence-corrected chi connectivity index (χ0v) is 39.8.